The minimum Gasteiger partial charge on any atom is -0.482 e. The van der Waals surface area contributed by atoms with Crippen LogP contribution in [0.1, 0.15) is 62.7 Å². The first-order valence-corrected chi connectivity index (χ1v) is 10.4. The number of Topliss-reactive ketones (excluding diaryl/α,β-unsaturated/α-hetero) is 1. The normalized spacial score (nSPS) is 12.7. The number of ketones is 1. The summed E-state index contributed by atoms with van der Waals surface area (Å²) in [6.45, 7) is 3.94. The molecule has 2 rings (SSSR count). The Bertz CT molecular complexity index is 775. The summed E-state index contributed by atoms with van der Waals surface area (Å²) in [7, 11) is 0. The van der Waals surface area contributed by atoms with Gasteiger partial charge in [0, 0.05) is 12.0 Å². The predicted octanol–water partition coefficient (Wildman–Crippen LogP) is 3.06. The van der Waals surface area contributed by atoms with Crippen LogP contribution in [0.4, 0.5) is 5.69 Å². The number of carbonyl (C=O) groups is 4. The lowest BCUT2D eigenvalue weighted by Crippen LogP contribution is -2.42. The number of carbonyl (C=O) groups excluding carboxylic acids is 4. The third-order valence-electron chi connectivity index (χ3n) is 4.63. The van der Waals surface area contributed by atoms with Crippen LogP contribution in [0.25, 0.3) is 0 Å². The Labute approximate surface area is 176 Å². The van der Waals surface area contributed by atoms with Crippen LogP contribution in [0.5, 0.6) is 5.75 Å². The van der Waals surface area contributed by atoms with E-state index in [9.17, 15) is 19.2 Å². The summed E-state index contributed by atoms with van der Waals surface area (Å²) in [4.78, 5) is 49.7. The highest BCUT2D eigenvalue weighted by atomic mass is 16.5. The second-order valence-electron chi connectivity index (χ2n) is 6.96. The lowest BCUT2D eigenvalue weighted by atomic mass is 10.0. The molecule has 0 aromatic heterocycles. The molecule has 1 aromatic carbocycles. The molecule has 0 N–H and O–H groups in total. The number of nitrogens with zero attached hydrogens (tertiary/aromatic N) is 1. The summed E-state index contributed by atoms with van der Waals surface area (Å²) >= 11 is 0. The summed E-state index contributed by atoms with van der Waals surface area (Å²) in [6, 6.07) is 4.67. The van der Waals surface area contributed by atoms with Gasteiger partial charge in [0.2, 0.25) is 0 Å². The quantitative estimate of drug-likeness (QED) is 0.292. The van der Waals surface area contributed by atoms with Gasteiger partial charge >= 0.3 is 11.9 Å². The van der Waals surface area contributed by atoms with Crippen LogP contribution in [-0.4, -0.2) is 50.0 Å². The number of amides is 1. The van der Waals surface area contributed by atoms with Crippen LogP contribution in [-0.2, 0) is 23.9 Å². The van der Waals surface area contributed by atoms with Crippen molar-refractivity contribution in [1.82, 2.24) is 0 Å². The van der Waals surface area contributed by atoms with Crippen molar-refractivity contribution in [2.45, 2.75) is 52.4 Å². The van der Waals surface area contributed by atoms with Crippen molar-refractivity contribution in [3.8, 4) is 5.75 Å². The van der Waals surface area contributed by atoms with Crippen LogP contribution >= 0.6 is 0 Å². The molecule has 0 radical (unpaired) electrons. The van der Waals surface area contributed by atoms with Gasteiger partial charge in [0.25, 0.3) is 5.91 Å². The van der Waals surface area contributed by atoms with Gasteiger partial charge in [0.1, 0.15) is 12.3 Å². The maximum atomic E-state index is 12.4. The number of ether oxygens (including phenoxy) is 3. The predicted molar refractivity (Wildman–Crippen MR) is 110 cm³/mol. The summed E-state index contributed by atoms with van der Waals surface area (Å²) in [5, 5.41) is 0. The summed E-state index contributed by atoms with van der Waals surface area (Å²) in [6.07, 6.45) is 3.92. The standard InChI is InChI=1S/C22H29NO7/c1-3-5-6-7-12-29-22(27)14-23-17-13-16(8-10-19(17)30-15-20(23)25)18(24)9-11-21(26)28-4-2/h8,10,13H,3-7,9,11-12,14-15H2,1-2H3. The van der Waals surface area contributed by atoms with Crippen molar-refractivity contribution in [1.29, 1.82) is 0 Å². The van der Waals surface area contributed by atoms with Crippen LogP contribution in [0.15, 0.2) is 18.2 Å². The van der Waals surface area contributed by atoms with Gasteiger partial charge in [-0.15, -0.1) is 0 Å². The summed E-state index contributed by atoms with van der Waals surface area (Å²) < 4.78 is 15.5. The Morgan fingerprint density at radius 2 is 1.83 bits per heavy atom. The first-order valence-electron chi connectivity index (χ1n) is 10.4. The molecule has 164 valence electrons. The highest BCUT2D eigenvalue weighted by molar-refractivity contribution is 6.04. The van der Waals surface area contributed by atoms with Crippen molar-refractivity contribution >= 4 is 29.3 Å². The number of unbranched alkanes of at least 4 members (excludes halogenated alkanes) is 3. The van der Waals surface area contributed by atoms with Crippen molar-refractivity contribution in [3.63, 3.8) is 0 Å². The Kier molecular flexibility index (Phi) is 9.31. The number of benzene rings is 1. The third kappa shape index (κ3) is 6.86. The minimum absolute atomic E-state index is 0.00771. The molecule has 0 aliphatic carbocycles. The fourth-order valence-corrected chi connectivity index (χ4v) is 3.03. The highest BCUT2D eigenvalue weighted by Crippen LogP contribution is 2.33. The average Bonchev–Trinajstić information content (AvgIpc) is 2.73. The van der Waals surface area contributed by atoms with Gasteiger partial charge in [-0.25, -0.2) is 0 Å². The van der Waals surface area contributed by atoms with Gasteiger partial charge in [-0.2, -0.15) is 0 Å². The molecule has 8 nitrogen and oxygen atoms in total. The molecule has 1 amide bonds. The van der Waals surface area contributed by atoms with E-state index in [1.165, 1.54) is 11.0 Å². The Hall–Kier alpha value is -2.90. The first kappa shape index (κ1) is 23.4. The fourth-order valence-electron chi connectivity index (χ4n) is 3.03. The van der Waals surface area contributed by atoms with E-state index in [1.807, 2.05) is 0 Å². The van der Waals surface area contributed by atoms with Crippen LogP contribution in [0.3, 0.4) is 0 Å². The van der Waals surface area contributed by atoms with Crippen molar-refractivity contribution < 1.29 is 33.4 Å². The molecular formula is C22H29NO7. The van der Waals surface area contributed by atoms with Crippen molar-refractivity contribution in [2.75, 3.05) is 31.3 Å². The largest absolute Gasteiger partial charge is 0.482 e. The smallest absolute Gasteiger partial charge is 0.326 e. The van der Waals surface area contributed by atoms with Crippen LogP contribution in [0.2, 0.25) is 0 Å². The van der Waals surface area contributed by atoms with Crippen LogP contribution in [0, 0.1) is 0 Å². The molecule has 0 saturated carbocycles. The van der Waals surface area contributed by atoms with E-state index in [-0.39, 0.29) is 44.3 Å². The Morgan fingerprint density at radius 3 is 2.57 bits per heavy atom. The topological polar surface area (TPSA) is 99.2 Å². The van der Waals surface area contributed by atoms with E-state index < -0.39 is 11.9 Å². The van der Waals surface area contributed by atoms with Gasteiger partial charge < -0.3 is 14.2 Å². The maximum Gasteiger partial charge on any atom is 0.326 e. The molecule has 8 heteroatoms. The van der Waals surface area contributed by atoms with Gasteiger partial charge in [0.15, 0.2) is 12.4 Å². The molecular weight excluding hydrogens is 390 g/mol. The highest BCUT2D eigenvalue weighted by Gasteiger charge is 2.28. The van der Waals surface area contributed by atoms with Gasteiger partial charge in [-0.05, 0) is 31.5 Å². The summed E-state index contributed by atoms with van der Waals surface area (Å²) in [5.41, 5.74) is 0.672. The Balaban J connectivity index is 2.02. The van der Waals surface area contributed by atoms with Gasteiger partial charge in [-0.3, -0.25) is 24.1 Å². The molecule has 30 heavy (non-hydrogen) atoms. The van der Waals surface area contributed by atoms with E-state index in [4.69, 9.17) is 14.2 Å². The molecule has 0 unspecified atom stereocenters. The average molecular weight is 419 g/mol. The molecule has 0 spiro atoms. The maximum absolute atomic E-state index is 12.4. The SMILES string of the molecule is CCCCCCOC(=O)CN1C(=O)COc2ccc(C(=O)CCC(=O)OCC)cc21. The third-order valence-corrected chi connectivity index (χ3v) is 4.63. The lowest BCUT2D eigenvalue weighted by molar-refractivity contribution is -0.143. The fraction of sp³-hybridized carbons (Fsp3) is 0.545. The lowest BCUT2D eigenvalue weighted by Gasteiger charge is -2.29. The number of hydrogen-bond acceptors (Lipinski definition) is 7. The molecule has 1 aliphatic heterocycles. The van der Waals surface area contributed by atoms with Gasteiger partial charge in [0.05, 0.1) is 25.3 Å². The molecule has 1 heterocycles. The number of anilines is 1. The molecule has 1 aromatic rings. The van der Waals surface area contributed by atoms with E-state index in [1.54, 1.807) is 19.1 Å². The number of fused-ring (bicyclic) bond motifs is 1. The Morgan fingerprint density at radius 1 is 1.03 bits per heavy atom. The van der Waals surface area contributed by atoms with E-state index in [0.717, 1.165) is 25.7 Å². The monoisotopic (exact) mass is 419 g/mol. The first-order chi connectivity index (χ1) is 14.5. The van der Waals surface area contributed by atoms with E-state index >= 15 is 0 Å². The number of rotatable bonds is 12. The van der Waals surface area contributed by atoms with E-state index in [0.29, 0.717) is 23.6 Å². The zero-order chi connectivity index (χ0) is 21.9. The molecule has 0 fully saturated rings. The molecule has 0 atom stereocenters. The minimum atomic E-state index is -0.508. The second-order valence-corrected chi connectivity index (χ2v) is 6.96. The molecule has 0 saturated heterocycles. The molecule has 1 aliphatic rings. The van der Waals surface area contributed by atoms with Crippen LogP contribution < -0.4 is 9.64 Å². The summed E-state index contributed by atoms with van der Waals surface area (Å²) in [5.74, 6) is -1.19. The zero-order valence-corrected chi connectivity index (χ0v) is 17.6. The van der Waals surface area contributed by atoms with Crippen molar-refractivity contribution in [3.05, 3.63) is 23.8 Å². The van der Waals surface area contributed by atoms with Gasteiger partial charge in [-0.1, -0.05) is 26.2 Å². The van der Waals surface area contributed by atoms with E-state index in [2.05, 4.69) is 6.92 Å². The zero-order valence-electron chi connectivity index (χ0n) is 17.6. The van der Waals surface area contributed by atoms with Crippen molar-refractivity contribution in [2.24, 2.45) is 0 Å². The number of esters is 2. The molecule has 0 bridgehead atoms. The second kappa shape index (κ2) is 11.9. The number of hydrogen-bond donors (Lipinski definition) is 0.